The van der Waals surface area contributed by atoms with E-state index in [4.69, 9.17) is 4.74 Å². The van der Waals surface area contributed by atoms with Crippen molar-refractivity contribution in [3.8, 4) is 0 Å². The predicted molar refractivity (Wildman–Crippen MR) is 93.5 cm³/mol. The van der Waals surface area contributed by atoms with E-state index in [1.165, 1.54) is 0 Å². The summed E-state index contributed by atoms with van der Waals surface area (Å²) >= 11 is 0. The molecule has 2 bridgehead atoms. The Bertz CT molecular complexity index is 468. The lowest BCUT2D eigenvalue weighted by Crippen LogP contribution is -2.56. The summed E-state index contributed by atoms with van der Waals surface area (Å²) in [6, 6.07) is 0. The second-order valence-corrected chi connectivity index (χ2v) is 9.81. The Labute approximate surface area is 146 Å². The van der Waals surface area contributed by atoms with Gasteiger partial charge in [0.1, 0.15) is 0 Å². The lowest BCUT2D eigenvalue weighted by Gasteiger charge is -2.50. The first-order valence-electron chi connectivity index (χ1n) is 9.80. The van der Waals surface area contributed by atoms with Gasteiger partial charge in [-0.2, -0.15) is 0 Å². The van der Waals surface area contributed by atoms with Crippen molar-refractivity contribution in [3.63, 3.8) is 0 Å². The summed E-state index contributed by atoms with van der Waals surface area (Å²) in [4.78, 5) is 0. The Kier molecular flexibility index (Phi) is 4.61. The van der Waals surface area contributed by atoms with Crippen molar-refractivity contribution in [2.45, 2.75) is 102 Å². The van der Waals surface area contributed by atoms with Gasteiger partial charge in [0.05, 0.1) is 29.0 Å². The molecule has 1 aliphatic carbocycles. The summed E-state index contributed by atoms with van der Waals surface area (Å²) < 4.78 is 6.42. The molecule has 0 spiro atoms. The maximum Gasteiger partial charge on any atom is 0.0923 e. The monoisotopic (exact) mass is 340 g/mol. The van der Waals surface area contributed by atoms with Crippen LogP contribution in [0.2, 0.25) is 0 Å². The van der Waals surface area contributed by atoms with Crippen LogP contribution in [-0.4, -0.2) is 44.3 Å². The van der Waals surface area contributed by atoms with E-state index in [-0.39, 0.29) is 17.9 Å². The fourth-order valence-corrected chi connectivity index (χ4v) is 5.90. The van der Waals surface area contributed by atoms with Gasteiger partial charge in [-0.25, -0.2) is 0 Å². The summed E-state index contributed by atoms with van der Waals surface area (Å²) in [6.45, 7) is 10.1. The van der Waals surface area contributed by atoms with E-state index in [1.807, 2.05) is 20.8 Å². The topological polar surface area (TPSA) is 69.9 Å². The molecule has 2 heterocycles. The molecule has 1 saturated carbocycles. The molecule has 2 aliphatic heterocycles. The van der Waals surface area contributed by atoms with Gasteiger partial charge in [-0.05, 0) is 64.2 Å². The van der Waals surface area contributed by atoms with Crippen LogP contribution in [0.15, 0.2) is 0 Å². The fraction of sp³-hybridized carbons (Fsp3) is 1.00. The second-order valence-electron chi connectivity index (χ2n) is 9.81. The molecule has 3 rings (SSSR count). The number of ether oxygens (including phenoxy) is 1. The molecule has 0 radical (unpaired) electrons. The van der Waals surface area contributed by atoms with Gasteiger partial charge in [0.15, 0.2) is 0 Å². The van der Waals surface area contributed by atoms with E-state index < -0.39 is 22.9 Å². The molecule has 2 saturated heterocycles. The highest BCUT2D eigenvalue weighted by atomic mass is 16.5. The number of aliphatic hydroxyl groups is 3. The van der Waals surface area contributed by atoms with E-state index in [9.17, 15) is 15.3 Å². The zero-order valence-corrected chi connectivity index (χ0v) is 16.0. The van der Waals surface area contributed by atoms with Gasteiger partial charge in [-0.3, -0.25) is 0 Å². The Morgan fingerprint density at radius 1 is 0.833 bits per heavy atom. The SMILES string of the molecule is CC(C)[C@H]1CC[C@@](C)(O)[C@H]2[C@@H]1[C@H]1O[C@@H]2[C@](C)(O)CCCC[C@@]1(C)O. The molecular weight excluding hydrogens is 304 g/mol. The van der Waals surface area contributed by atoms with Gasteiger partial charge in [-0.15, -0.1) is 0 Å². The van der Waals surface area contributed by atoms with Crippen LogP contribution in [0.5, 0.6) is 0 Å². The van der Waals surface area contributed by atoms with Crippen molar-refractivity contribution in [1.82, 2.24) is 0 Å². The van der Waals surface area contributed by atoms with Crippen molar-refractivity contribution < 1.29 is 20.1 Å². The zero-order chi connectivity index (χ0) is 17.9. The first-order chi connectivity index (χ1) is 11.0. The average molecular weight is 341 g/mol. The van der Waals surface area contributed by atoms with E-state index in [0.29, 0.717) is 24.7 Å². The highest BCUT2D eigenvalue weighted by Gasteiger charge is 2.64. The van der Waals surface area contributed by atoms with Crippen molar-refractivity contribution in [2.24, 2.45) is 23.7 Å². The number of fused-ring (bicyclic) bond motifs is 5. The van der Waals surface area contributed by atoms with Crippen LogP contribution in [0.1, 0.15) is 73.1 Å². The first-order valence-corrected chi connectivity index (χ1v) is 9.80. The third kappa shape index (κ3) is 2.94. The molecule has 24 heavy (non-hydrogen) atoms. The third-order valence-electron chi connectivity index (χ3n) is 7.28. The van der Waals surface area contributed by atoms with Gasteiger partial charge in [-0.1, -0.05) is 26.7 Å². The summed E-state index contributed by atoms with van der Waals surface area (Å²) in [5.41, 5.74) is -2.71. The number of rotatable bonds is 1. The molecule has 0 aromatic heterocycles. The minimum Gasteiger partial charge on any atom is -0.390 e. The van der Waals surface area contributed by atoms with Crippen LogP contribution in [0, 0.1) is 23.7 Å². The standard InChI is InChI=1S/C20H36O4/c1-12(2)13-8-11-18(3,21)15-14(13)16-19(4,22)9-6-7-10-20(5,23)17(15)24-16/h12-17,21-23H,6-11H2,1-5H3/t13-,14-,15+,16-,17+,18-,19-,20-/m1/s1. The van der Waals surface area contributed by atoms with E-state index in [0.717, 1.165) is 25.7 Å². The Morgan fingerprint density at radius 2 is 1.38 bits per heavy atom. The maximum absolute atomic E-state index is 11.2. The molecule has 0 aromatic carbocycles. The number of hydrogen-bond acceptors (Lipinski definition) is 4. The maximum atomic E-state index is 11.2. The summed E-state index contributed by atoms with van der Waals surface area (Å²) in [7, 11) is 0. The quantitative estimate of drug-likeness (QED) is 0.686. The molecular formula is C20H36O4. The van der Waals surface area contributed by atoms with Gasteiger partial charge >= 0.3 is 0 Å². The van der Waals surface area contributed by atoms with Crippen LogP contribution in [0.3, 0.4) is 0 Å². The molecule has 8 atom stereocenters. The molecule has 3 aliphatic rings. The van der Waals surface area contributed by atoms with Crippen molar-refractivity contribution in [2.75, 3.05) is 0 Å². The first kappa shape index (κ1) is 18.6. The zero-order valence-electron chi connectivity index (χ0n) is 16.0. The molecule has 3 N–H and O–H groups in total. The lowest BCUT2D eigenvalue weighted by atomic mass is 9.56. The minimum atomic E-state index is -0.957. The van der Waals surface area contributed by atoms with Crippen molar-refractivity contribution >= 4 is 0 Å². The van der Waals surface area contributed by atoms with Crippen LogP contribution in [-0.2, 0) is 4.74 Å². The van der Waals surface area contributed by atoms with E-state index >= 15 is 0 Å². The van der Waals surface area contributed by atoms with Crippen LogP contribution >= 0.6 is 0 Å². The molecule has 4 nitrogen and oxygen atoms in total. The van der Waals surface area contributed by atoms with Crippen LogP contribution in [0.4, 0.5) is 0 Å². The van der Waals surface area contributed by atoms with Crippen LogP contribution < -0.4 is 0 Å². The van der Waals surface area contributed by atoms with Crippen LogP contribution in [0.25, 0.3) is 0 Å². The second kappa shape index (κ2) is 5.94. The molecule has 0 unspecified atom stereocenters. The molecule has 0 aromatic rings. The van der Waals surface area contributed by atoms with E-state index in [2.05, 4.69) is 13.8 Å². The van der Waals surface area contributed by atoms with E-state index in [1.54, 1.807) is 0 Å². The minimum absolute atomic E-state index is 0.0957. The molecule has 4 heteroatoms. The largest absolute Gasteiger partial charge is 0.390 e. The van der Waals surface area contributed by atoms with Gasteiger partial charge in [0, 0.05) is 5.92 Å². The van der Waals surface area contributed by atoms with Gasteiger partial charge < -0.3 is 20.1 Å². The van der Waals surface area contributed by atoms with Gasteiger partial charge in [0.25, 0.3) is 0 Å². The molecule has 3 fully saturated rings. The summed E-state index contributed by atoms with van der Waals surface area (Å²) in [5, 5.41) is 33.5. The normalized spacial score (nSPS) is 55.6. The molecule has 0 amide bonds. The third-order valence-corrected chi connectivity index (χ3v) is 7.28. The smallest absolute Gasteiger partial charge is 0.0923 e. The lowest BCUT2D eigenvalue weighted by molar-refractivity contribution is -0.160. The Balaban J connectivity index is 2.09. The van der Waals surface area contributed by atoms with Gasteiger partial charge in [0.2, 0.25) is 0 Å². The highest BCUT2D eigenvalue weighted by Crippen LogP contribution is 2.57. The fourth-order valence-electron chi connectivity index (χ4n) is 5.90. The summed E-state index contributed by atoms with van der Waals surface area (Å²) in [6.07, 6.45) is 4.10. The Hall–Kier alpha value is -0.160. The van der Waals surface area contributed by atoms with Crippen molar-refractivity contribution in [3.05, 3.63) is 0 Å². The Morgan fingerprint density at radius 3 is 1.92 bits per heavy atom. The predicted octanol–water partition coefficient (Wildman–Crippen LogP) is 2.88. The number of hydrogen-bond donors (Lipinski definition) is 3. The van der Waals surface area contributed by atoms with Crippen molar-refractivity contribution in [1.29, 1.82) is 0 Å². The summed E-state index contributed by atoms with van der Waals surface area (Å²) in [5.74, 6) is 0.857. The highest BCUT2D eigenvalue weighted by molar-refractivity contribution is 5.13. The average Bonchev–Trinajstić information content (AvgIpc) is 2.87. The molecule has 140 valence electrons.